The van der Waals surface area contributed by atoms with Gasteiger partial charge in [-0.25, -0.2) is 15.0 Å². The lowest BCUT2D eigenvalue weighted by atomic mass is 10.1. The molecular weight excluding hydrogens is 430 g/mol. The minimum absolute atomic E-state index is 0.248. The fraction of sp³-hybridized carbons (Fsp3) is 0.455. The Hall–Kier alpha value is -2.96. The number of aliphatic hydroxyl groups excluding tert-OH is 2. The van der Waals surface area contributed by atoms with Gasteiger partial charge in [0.15, 0.2) is 29.5 Å². The van der Waals surface area contributed by atoms with E-state index in [1.807, 2.05) is 6.07 Å². The molecule has 1 aromatic carbocycles. The van der Waals surface area contributed by atoms with E-state index in [4.69, 9.17) is 14.2 Å². The molecule has 0 aliphatic carbocycles. The molecule has 3 aromatic rings. The highest BCUT2D eigenvalue weighted by atomic mass is 16.7. The van der Waals surface area contributed by atoms with Gasteiger partial charge in [-0.15, -0.1) is 0 Å². The maximum atomic E-state index is 12.6. The molecule has 1 unspecified atom stereocenters. The van der Waals surface area contributed by atoms with Crippen molar-refractivity contribution in [2.24, 2.45) is 0 Å². The van der Waals surface area contributed by atoms with Crippen molar-refractivity contribution in [3.8, 4) is 0 Å². The lowest BCUT2D eigenvalue weighted by Crippen LogP contribution is -2.39. The molecular formula is C22H25N5O6. The number of aliphatic hydroxyl groups is 2. The third-order valence-corrected chi connectivity index (χ3v) is 5.84. The molecule has 33 heavy (non-hydrogen) atoms. The van der Waals surface area contributed by atoms with Crippen molar-refractivity contribution in [3.63, 3.8) is 0 Å². The molecule has 174 valence electrons. The predicted octanol–water partition coefficient (Wildman–Crippen LogP) is 1.24. The van der Waals surface area contributed by atoms with Crippen molar-refractivity contribution in [1.29, 1.82) is 0 Å². The minimum Gasteiger partial charge on any atom is -0.394 e. The van der Waals surface area contributed by atoms with Crippen LogP contribution in [0.5, 0.6) is 0 Å². The summed E-state index contributed by atoms with van der Waals surface area (Å²) in [4.78, 5) is 25.5. The van der Waals surface area contributed by atoms with Crippen LogP contribution in [0, 0.1) is 0 Å². The smallest absolute Gasteiger partial charge is 0.256 e. The Balaban J connectivity index is 1.43. The summed E-state index contributed by atoms with van der Waals surface area (Å²) in [7, 11) is 0. The van der Waals surface area contributed by atoms with Gasteiger partial charge in [0.1, 0.15) is 24.6 Å². The Morgan fingerprint density at radius 1 is 1.21 bits per heavy atom. The fourth-order valence-electron chi connectivity index (χ4n) is 4.13. The molecule has 2 fully saturated rings. The first kappa shape index (κ1) is 21.9. The quantitative estimate of drug-likeness (QED) is 0.501. The molecule has 2 saturated heterocycles. The zero-order valence-corrected chi connectivity index (χ0v) is 17.8. The Morgan fingerprint density at radius 3 is 2.82 bits per heavy atom. The van der Waals surface area contributed by atoms with Crippen LogP contribution >= 0.6 is 0 Å². The largest absolute Gasteiger partial charge is 0.394 e. The van der Waals surface area contributed by atoms with E-state index in [-0.39, 0.29) is 18.3 Å². The number of hydrogen-bond acceptors (Lipinski definition) is 9. The van der Waals surface area contributed by atoms with E-state index < -0.39 is 30.8 Å². The molecule has 11 nitrogen and oxygen atoms in total. The third kappa shape index (κ3) is 4.33. The van der Waals surface area contributed by atoms with Gasteiger partial charge in [-0.2, -0.15) is 0 Å². The number of imidazole rings is 1. The maximum absolute atomic E-state index is 12.6. The number of nitrogens with one attached hydrogen (secondary N) is 1. The first-order valence-electron chi connectivity index (χ1n) is 10.9. The Labute approximate surface area is 189 Å². The standard InChI is InChI=1S/C22H25N5O6/c28-10-14-17(29)18(33-15-8-4-5-9-31-15)22(32-14)27-12-25-16-19(23-11-24-20(16)27)26-21(30)13-6-2-1-3-7-13/h1-3,6-7,11-12,14-15,17-18,22,28-29H,4-5,8-10H2,(H,23,24,26,30)/t14-,15?,17-,18-,22+/m1/s1. The molecule has 5 atom stereocenters. The monoisotopic (exact) mass is 455 g/mol. The molecule has 5 rings (SSSR count). The fourth-order valence-corrected chi connectivity index (χ4v) is 4.13. The van der Waals surface area contributed by atoms with Gasteiger partial charge in [0.2, 0.25) is 0 Å². The van der Waals surface area contributed by atoms with E-state index in [1.54, 1.807) is 28.8 Å². The first-order chi connectivity index (χ1) is 16.2. The predicted molar refractivity (Wildman–Crippen MR) is 115 cm³/mol. The van der Waals surface area contributed by atoms with Crippen LogP contribution in [-0.2, 0) is 14.2 Å². The molecule has 2 aliphatic rings. The lowest BCUT2D eigenvalue weighted by molar-refractivity contribution is -0.215. The van der Waals surface area contributed by atoms with Crippen molar-refractivity contribution in [1.82, 2.24) is 19.5 Å². The Kier molecular flexibility index (Phi) is 6.29. The number of nitrogens with zero attached hydrogens (tertiary/aromatic N) is 4. The molecule has 2 aliphatic heterocycles. The maximum Gasteiger partial charge on any atom is 0.256 e. The number of ether oxygens (including phenoxy) is 3. The van der Waals surface area contributed by atoms with Crippen molar-refractivity contribution >= 4 is 22.9 Å². The van der Waals surface area contributed by atoms with Gasteiger partial charge < -0.3 is 29.7 Å². The Bertz CT molecular complexity index is 1100. The van der Waals surface area contributed by atoms with Gasteiger partial charge >= 0.3 is 0 Å². The van der Waals surface area contributed by atoms with Crippen molar-refractivity contribution in [2.75, 3.05) is 18.5 Å². The number of rotatable bonds is 6. The average Bonchev–Trinajstić information content (AvgIpc) is 3.42. The highest BCUT2D eigenvalue weighted by Gasteiger charge is 2.47. The van der Waals surface area contributed by atoms with Crippen molar-refractivity contribution in [2.45, 2.75) is 50.1 Å². The van der Waals surface area contributed by atoms with Crippen LogP contribution in [0.4, 0.5) is 5.82 Å². The van der Waals surface area contributed by atoms with Crippen LogP contribution in [0.1, 0.15) is 35.8 Å². The summed E-state index contributed by atoms with van der Waals surface area (Å²) >= 11 is 0. The molecule has 0 bridgehead atoms. The second kappa shape index (κ2) is 9.49. The second-order valence-electron chi connectivity index (χ2n) is 8.00. The number of fused-ring (bicyclic) bond motifs is 1. The number of hydrogen-bond donors (Lipinski definition) is 3. The van der Waals surface area contributed by atoms with E-state index in [0.29, 0.717) is 29.8 Å². The van der Waals surface area contributed by atoms with E-state index in [2.05, 4.69) is 20.3 Å². The number of carbonyl (C=O) groups is 1. The van der Waals surface area contributed by atoms with Crippen LogP contribution in [0.3, 0.4) is 0 Å². The number of carbonyl (C=O) groups excluding carboxylic acids is 1. The van der Waals surface area contributed by atoms with Gasteiger partial charge in [-0.1, -0.05) is 18.2 Å². The second-order valence-corrected chi connectivity index (χ2v) is 8.00. The first-order valence-corrected chi connectivity index (χ1v) is 10.9. The summed E-state index contributed by atoms with van der Waals surface area (Å²) in [5.74, 6) is -0.0772. The van der Waals surface area contributed by atoms with Gasteiger partial charge in [-0.05, 0) is 31.4 Å². The number of aromatic nitrogens is 4. The normalized spacial score (nSPS) is 27.6. The van der Waals surface area contributed by atoms with E-state index >= 15 is 0 Å². The topological polar surface area (TPSA) is 141 Å². The van der Waals surface area contributed by atoms with Gasteiger partial charge in [0, 0.05) is 12.2 Å². The van der Waals surface area contributed by atoms with Crippen LogP contribution in [0.2, 0.25) is 0 Å². The Morgan fingerprint density at radius 2 is 2.06 bits per heavy atom. The molecule has 0 spiro atoms. The molecule has 11 heteroatoms. The zero-order chi connectivity index (χ0) is 22.8. The molecule has 4 heterocycles. The van der Waals surface area contributed by atoms with E-state index in [0.717, 1.165) is 12.8 Å². The van der Waals surface area contributed by atoms with Gasteiger partial charge in [0.05, 0.1) is 12.9 Å². The third-order valence-electron chi connectivity index (χ3n) is 5.84. The van der Waals surface area contributed by atoms with Gasteiger partial charge in [-0.3, -0.25) is 9.36 Å². The lowest BCUT2D eigenvalue weighted by Gasteiger charge is -2.29. The summed E-state index contributed by atoms with van der Waals surface area (Å²) in [6.45, 7) is 0.219. The highest BCUT2D eigenvalue weighted by Crippen LogP contribution is 2.35. The summed E-state index contributed by atoms with van der Waals surface area (Å²) in [5, 5.41) is 23.2. The molecule has 3 N–H and O–H groups in total. The van der Waals surface area contributed by atoms with E-state index in [9.17, 15) is 15.0 Å². The SMILES string of the molecule is O=C(Nc1ncnc2c1ncn2[C@H]1O[C@H](CO)[C@@H](O)[C@H]1OC1CCCCO1)c1ccccc1. The van der Waals surface area contributed by atoms with Crippen LogP contribution < -0.4 is 5.32 Å². The zero-order valence-electron chi connectivity index (χ0n) is 17.8. The molecule has 0 radical (unpaired) electrons. The summed E-state index contributed by atoms with van der Waals surface area (Å²) < 4.78 is 19.3. The number of amides is 1. The van der Waals surface area contributed by atoms with E-state index in [1.165, 1.54) is 12.7 Å². The summed E-state index contributed by atoms with van der Waals surface area (Å²) in [6.07, 6.45) is 1.47. The van der Waals surface area contributed by atoms with Crippen LogP contribution in [-0.4, -0.2) is 73.5 Å². The van der Waals surface area contributed by atoms with Crippen molar-refractivity contribution in [3.05, 3.63) is 48.5 Å². The van der Waals surface area contributed by atoms with Crippen LogP contribution in [0.15, 0.2) is 43.0 Å². The molecule has 2 aromatic heterocycles. The van der Waals surface area contributed by atoms with Crippen LogP contribution in [0.25, 0.3) is 11.2 Å². The number of anilines is 1. The molecule has 0 saturated carbocycles. The van der Waals surface area contributed by atoms with Gasteiger partial charge in [0.25, 0.3) is 5.91 Å². The molecule has 1 amide bonds. The van der Waals surface area contributed by atoms with Crippen molar-refractivity contribution < 1.29 is 29.2 Å². The highest BCUT2D eigenvalue weighted by molar-refractivity contribution is 6.06. The summed E-state index contributed by atoms with van der Waals surface area (Å²) in [6, 6.07) is 8.77. The number of benzene rings is 1. The summed E-state index contributed by atoms with van der Waals surface area (Å²) in [5.41, 5.74) is 1.24. The minimum atomic E-state index is -1.07. The average molecular weight is 455 g/mol.